The first-order chi connectivity index (χ1) is 13.1. The van der Waals surface area contributed by atoms with Crippen molar-refractivity contribution < 1.29 is 4.79 Å². The van der Waals surface area contributed by atoms with Crippen LogP contribution in [0.2, 0.25) is 0 Å². The van der Waals surface area contributed by atoms with Crippen LogP contribution in [-0.2, 0) is 17.8 Å². The molecule has 0 aliphatic carbocycles. The summed E-state index contributed by atoms with van der Waals surface area (Å²) in [5.74, 6) is 1.99. The molecule has 1 amide bonds. The van der Waals surface area contributed by atoms with Gasteiger partial charge in [-0.25, -0.2) is 4.98 Å². The lowest BCUT2D eigenvalue weighted by atomic mass is 9.96. The number of hydrogen-bond acceptors (Lipinski definition) is 5. The Morgan fingerprint density at radius 1 is 1.30 bits per heavy atom. The van der Waals surface area contributed by atoms with Crippen LogP contribution in [0.25, 0.3) is 0 Å². The normalized spacial score (nSPS) is 15.8. The fourth-order valence-corrected chi connectivity index (χ4v) is 4.15. The number of aromatic amines is 1. The van der Waals surface area contributed by atoms with Gasteiger partial charge in [0.2, 0.25) is 11.1 Å². The van der Waals surface area contributed by atoms with Crippen molar-refractivity contribution in [2.24, 2.45) is 5.92 Å². The van der Waals surface area contributed by atoms with Crippen LogP contribution in [0.3, 0.4) is 0 Å². The summed E-state index contributed by atoms with van der Waals surface area (Å²) in [6, 6.07) is 10.6. The first-order valence-corrected chi connectivity index (χ1v) is 10.7. The third-order valence-corrected chi connectivity index (χ3v) is 5.92. The molecule has 1 fully saturated rings. The zero-order chi connectivity index (χ0) is 19.1. The molecule has 1 aromatic carbocycles. The van der Waals surface area contributed by atoms with Crippen molar-refractivity contribution in [2.45, 2.75) is 37.9 Å². The van der Waals surface area contributed by atoms with E-state index in [-0.39, 0.29) is 5.91 Å². The van der Waals surface area contributed by atoms with Crippen LogP contribution in [-0.4, -0.2) is 63.3 Å². The van der Waals surface area contributed by atoms with Crippen LogP contribution >= 0.6 is 11.8 Å². The second-order valence-electron chi connectivity index (χ2n) is 7.19. The van der Waals surface area contributed by atoms with Gasteiger partial charge in [0.1, 0.15) is 5.82 Å². The Morgan fingerprint density at radius 3 is 2.70 bits per heavy atom. The van der Waals surface area contributed by atoms with Gasteiger partial charge in [0.15, 0.2) is 0 Å². The lowest BCUT2D eigenvalue weighted by Gasteiger charge is -2.34. The number of aromatic nitrogens is 3. The average molecular weight is 388 g/mol. The van der Waals surface area contributed by atoms with Crippen molar-refractivity contribution in [3.63, 3.8) is 0 Å². The molecule has 0 atom stereocenters. The molecular weight excluding hydrogens is 358 g/mol. The fraction of sp³-hybridized carbons (Fsp3) is 0.550. The quantitative estimate of drug-likeness (QED) is 0.706. The van der Waals surface area contributed by atoms with E-state index < -0.39 is 0 Å². The minimum atomic E-state index is 0.148. The largest absolute Gasteiger partial charge is 0.345 e. The van der Waals surface area contributed by atoms with Crippen molar-refractivity contribution in [2.75, 3.05) is 32.4 Å². The number of carbonyl (C=O) groups is 1. The second kappa shape index (κ2) is 9.90. The summed E-state index contributed by atoms with van der Waals surface area (Å²) in [7, 11) is 1.91. The average Bonchev–Trinajstić information content (AvgIpc) is 3.16. The predicted molar refractivity (Wildman–Crippen MR) is 109 cm³/mol. The molecule has 1 saturated heterocycles. The van der Waals surface area contributed by atoms with Crippen molar-refractivity contribution in [1.82, 2.24) is 25.0 Å². The van der Waals surface area contributed by atoms with Gasteiger partial charge in [-0.2, -0.15) is 0 Å². The molecule has 1 N–H and O–H groups in total. The van der Waals surface area contributed by atoms with Crippen molar-refractivity contribution >= 4 is 17.7 Å². The van der Waals surface area contributed by atoms with E-state index >= 15 is 0 Å². The molecule has 0 spiro atoms. The van der Waals surface area contributed by atoms with E-state index in [1.165, 1.54) is 17.3 Å². The van der Waals surface area contributed by atoms with E-state index in [1.807, 2.05) is 18.9 Å². The van der Waals surface area contributed by atoms with Gasteiger partial charge in [0, 0.05) is 26.6 Å². The maximum atomic E-state index is 12.4. The van der Waals surface area contributed by atoms with Gasteiger partial charge in [-0.1, -0.05) is 49.0 Å². The molecular formula is C20H29N5OS. The van der Waals surface area contributed by atoms with E-state index in [0.717, 1.165) is 51.3 Å². The first-order valence-electron chi connectivity index (χ1n) is 9.68. The molecule has 27 heavy (non-hydrogen) atoms. The van der Waals surface area contributed by atoms with Crippen LogP contribution < -0.4 is 0 Å². The third-order valence-electron chi connectivity index (χ3n) is 5.08. The molecule has 0 saturated carbocycles. The van der Waals surface area contributed by atoms with Crippen LogP contribution in [0.4, 0.5) is 0 Å². The summed E-state index contributed by atoms with van der Waals surface area (Å²) in [5, 5.41) is 7.67. The second-order valence-corrected chi connectivity index (χ2v) is 8.13. The lowest BCUT2D eigenvalue weighted by molar-refractivity contribution is -0.127. The number of aryl methyl sites for hydroxylation is 1. The molecule has 146 valence electrons. The Hall–Kier alpha value is -1.86. The molecule has 1 aliphatic rings. The number of carbonyl (C=O) groups excluding carboxylic acids is 1. The van der Waals surface area contributed by atoms with Gasteiger partial charge in [-0.15, -0.1) is 5.10 Å². The van der Waals surface area contributed by atoms with Crippen LogP contribution in [0.1, 0.15) is 31.2 Å². The Kier molecular flexibility index (Phi) is 7.29. The number of amides is 1. The van der Waals surface area contributed by atoms with Gasteiger partial charge in [-0.3, -0.25) is 14.8 Å². The molecule has 1 aromatic heterocycles. The predicted octanol–water partition coefficient (Wildman–Crippen LogP) is 2.83. The molecule has 3 rings (SSSR count). The first kappa shape index (κ1) is 19.9. The number of H-pyrrole nitrogens is 1. The maximum absolute atomic E-state index is 12.4. The van der Waals surface area contributed by atoms with Crippen molar-refractivity contribution in [1.29, 1.82) is 0 Å². The van der Waals surface area contributed by atoms with E-state index in [1.54, 1.807) is 0 Å². The molecule has 7 heteroatoms. The van der Waals surface area contributed by atoms with Crippen LogP contribution in [0, 0.1) is 5.92 Å². The highest BCUT2D eigenvalue weighted by Crippen LogP contribution is 2.20. The lowest BCUT2D eigenvalue weighted by Crippen LogP contribution is -2.39. The topological polar surface area (TPSA) is 65.1 Å². The van der Waals surface area contributed by atoms with E-state index in [0.29, 0.717) is 16.8 Å². The minimum absolute atomic E-state index is 0.148. The van der Waals surface area contributed by atoms with Gasteiger partial charge in [0.05, 0.1) is 5.75 Å². The minimum Gasteiger partial charge on any atom is -0.345 e. The molecule has 2 aromatic rings. The third kappa shape index (κ3) is 6.07. The highest BCUT2D eigenvalue weighted by atomic mass is 32.2. The monoisotopic (exact) mass is 387 g/mol. The van der Waals surface area contributed by atoms with E-state index in [9.17, 15) is 4.79 Å². The molecule has 6 nitrogen and oxygen atoms in total. The Bertz CT molecular complexity index is 712. The summed E-state index contributed by atoms with van der Waals surface area (Å²) in [6.45, 7) is 6.10. The number of benzene rings is 1. The molecule has 0 bridgehead atoms. The number of thioether (sulfide) groups is 1. The zero-order valence-corrected chi connectivity index (χ0v) is 17.0. The number of rotatable bonds is 8. The van der Waals surface area contributed by atoms with Gasteiger partial charge in [0.25, 0.3) is 0 Å². The molecule has 2 heterocycles. The van der Waals surface area contributed by atoms with Crippen LogP contribution in [0.15, 0.2) is 35.5 Å². The van der Waals surface area contributed by atoms with Crippen molar-refractivity contribution in [3.8, 4) is 0 Å². The highest BCUT2D eigenvalue weighted by molar-refractivity contribution is 7.99. The van der Waals surface area contributed by atoms with Gasteiger partial charge in [-0.05, 0) is 37.4 Å². The number of nitrogens with zero attached hydrogens (tertiary/aromatic N) is 4. The van der Waals surface area contributed by atoms with Gasteiger partial charge >= 0.3 is 0 Å². The summed E-state index contributed by atoms with van der Waals surface area (Å²) in [6.07, 6.45) is 3.13. The zero-order valence-electron chi connectivity index (χ0n) is 16.2. The summed E-state index contributed by atoms with van der Waals surface area (Å²) in [5.41, 5.74) is 1.37. The Morgan fingerprint density at radius 2 is 2.04 bits per heavy atom. The Balaban J connectivity index is 1.37. The molecule has 1 aliphatic heterocycles. The summed E-state index contributed by atoms with van der Waals surface area (Å²) in [4.78, 5) is 21.1. The highest BCUT2D eigenvalue weighted by Gasteiger charge is 2.22. The van der Waals surface area contributed by atoms with E-state index in [4.69, 9.17) is 0 Å². The smallest absolute Gasteiger partial charge is 0.232 e. The molecule has 0 radical (unpaired) electrons. The summed E-state index contributed by atoms with van der Waals surface area (Å²) < 4.78 is 0. The number of likely N-dealkylation sites (tertiary alicyclic amines) is 1. The number of hydrogen-bond donors (Lipinski definition) is 1. The molecule has 0 unspecified atom stereocenters. The van der Waals surface area contributed by atoms with Crippen molar-refractivity contribution in [3.05, 3.63) is 41.7 Å². The summed E-state index contributed by atoms with van der Waals surface area (Å²) >= 11 is 1.40. The van der Waals surface area contributed by atoms with E-state index in [2.05, 4.69) is 50.4 Å². The number of piperidine rings is 1. The SMILES string of the molecule is CCc1nc(SCC(=O)N(C)CC2CCN(Cc3ccccc3)CC2)n[nH]1. The van der Waals surface area contributed by atoms with Gasteiger partial charge < -0.3 is 4.90 Å². The van der Waals surface area contributed by atoms with Crippen LogP contribution in [0.5, 0.6) is 0 Å². The standard InChI is InChI=1S/C20H29N5OS/c1-3-18-21-20(23-22-18)27-15-19(26)24(2)13-17-9-11-25(12-10-17)14-16-7-5-4-6-8-16/h4-8,17H,3,9-15H2,1-2H3,(H,21,22,23). The maximum Gasteiger partial charge on any atom is 0.232 e. The Labute approximate surface area is 165 Å². The number of nitrogens with one attached hydrogen (secondary N) is 1. The fourth-order valence-electron chi connectivity index (χ4n) is 3.39.